The maximum Gasteiger partial charge on any atom is 0.334 e. The number of hydrogen-bond donors (Lipinski definition) is 7. The number of carboxylic acid groups (broad SMARTS) is 1. The van der Waals surface area contributed by atoms with Crippen LogP contribution in [0.2, 0.25) is 0 Å². The molecule has 0 aromatic rings. The number of carbonyl (C=O) groups is 2. The van der Waals surface area contributed by atoms with Crippen molar-refractivity contribution < 1.29 is 59.5 Å². The molecule has 3 rings (SSSR count). The lowest BCUT2D eigenvalue weighted by atomic mass is 9.80. The van der Waals surface area contributed by atoms with Gasteiger partial charge >= 0.3 is 5.97 Å². The van der Waals surface area contributed by atoms with E-state index in [1.165, 1.54) is 0 Å². The summed E-state index contributed by atoms with van der Waals surface area (Å²) in [6.07, 6.45) is -9.11. The normalized spacial score (nSPS) is 45.9. The summed E-state index contributed by atoms with van der Waals surface area (Å²) in [5.74, 6) is -4.56. The molecule has 0 spiro atoms. The molecule has 1 aliphatic carbocycles. The van der Waals surface area contributed by atoms with Crippen LogP contribution in [0, 0.1) is 11.8 Å². The molecule has 0 aromatic heterocycles. The number of carboxylic acids is 1. The Balaban J connectivity index is 1.89. The zero-order valence-corrected chi connectivity index (χ0v) is 14.5. The van der Waals surface area contributed by atoms with E-state index < -0.39 is 79.4 Å². The third-order valence-corrected chi connectivity index (χ3v) is 5.50. The number of aliphatic hydroxyl groups is 6. The first-order valence-electron chi connectivity index (χ1n) is 8.57. The molecule has 0 unspecified atom stereocenters. The van der Waals surface area contributed by atoms with Crippen molar-refractivity contribution in [2.75, 3.05) is 13.2 Å². The Morgan fingerprint density at radius 3 is 2.43 bits per heavy atom. The van der Waals surface area contributed by atoms with Gasteiger partial charge in [0.1, 0.15) is 24.4 Å². The van der Waals surface area contributed by atoms with Crippen LogP contribution >= 0.6 is 0 Å². The number of hydrogen-bond acceptors (Lipinski definition) is 11. The number of fused-ring (bicyclic) bond motifs is 1. The molecule has 158 valence electrons. The summed E-state index contributed by atoms with van der Waals surface area (Å²) < 4.78 is 15.9. The molecule has 1 saturated carbocycles. The molecule has 12 nitrogen and oxygen atoms in total. The number of ketones is 1. The Labute approximate surface area is 158 Å². The Bertz CT molecular complexity index is 662. The molecule has 3 aliphatic rings. The number of aliphatic hydroxyl groups excluding tert-OH is 5. The van der Waals surface area contributed by atoms with Crippen molar-refractivity contribution in [3.8, 4) is 0 Å². The second-order valence-electron chi connectivity index (χ2n) is 7.06. The van der Waals surface area contributed by atoms with Crippen molar-refractivity contribution in [2.45, 2.75) is 49.0 Å². The second-order valence-corrected chi connectivity index (χ2v) is 7.06. The van der Waals surface area contributed by atoms with Gasteiger partial charge in [0.15, 0.2) is 17.7 Å². The number of carbonyl (C=O) groups excluding carboxylic acids is 1. The average molecular weight is 406 g/mol. The van der Waals surface area contributed by atoms with Gasteiger partial charge in [0, 0.05) is 12.3 Å². The lowest BCUT2D eigenvalue weighted by Gasteiger charge is -2.43. The standard InChI is InChI=1S/C16H22O12/c17-2-7-10(20)11(21)12(22)15(27-7)28-14-9-5(6(3-26-14)13(23)24)1-8(19)16(9,25)4-18/h3,5,7,9-12,14-15,17-18,20-22,25H,1-2,4H2,(H,23,24)/t5-,7+,9+,10+,11-,12+,14+,15-,16-/m0/s1. The fourth-order valence-corrected chi connectivity index (χ4v) is 3.88. The highest BCUT2D eigenvalue weighted by molar-refractivity contribution is 5.95. The van der Waals surface area contributed by atoms with Crippen LogP contribution in [0.4, 0.5) is 0 Å². The van der Waals surface area contributed by atoms with Gasteiger partial charge in [-0.2, -0.15) is 0 Å². The zero-order chi connectivity index (χ0) is 20.8. The first kappa shape index (κ1) is 21.1. The summed E-state index contributed by atoms with van der Waals surface area (Å²) in [5.41, 5.74) is -2.64. The third-order valence-electron chi connectivity index (χ3n) is 5.50. The Morgan fingerprint density at radius 2 is 1.86 bits per heavy atom. The van der Waals surface area contributed by atoms with E-state index in [-0.39, 0.29) is 12.0 Å². The molecular formula is C16H22O12. The van der Waals surface area contributed by atoms with Crippen LogP contribution in [-0.4, -0.2) is 103 Å². The quantitative estimate of drug-likeness (QED) is 0.234. The van der Waals surface area contributed by atoms with E-state index in [4.69, 9.17) is 14.2 Å². The Hall–Kier alpha value is -1.64. The van der Waals surface area contributed by atoms with Crippen LogP contribution in [0.5, 0.6) is 0 Å². The van der Waals surface area contributed by atoms with E-state index in [2.05, 4.69) is 0 Å². The molecule has 0 aromatic carbocycles. The van der Waals surface area contributed by atoms with Crippen molar-refractivity contribution in [2.24, 2.45) is 11.8 Å². The molecule has 0 bridgehead atoms. The lowest BCUT2D eigenvalue weighted by molar-refractivity contribution is -0.346. The molecule has 1 saturated heterocycles. The maximum absolute atomic E-state index is 12.2. The van der Waals surface area contributed by atoms with Crippen molar-refractivity contribution >= 4 is 11.8 Å². The average Bonchev–Trinajstić information content (AvgIpc) is 2.93. The molecule has 0 radical (unpaired) electrons. The molecule has 2 heterocycles. The number of aliphatic carboxylic acids is 1. The van der Waals surface area contributed by atoms with Crippen LogP contribution in [0.15, 0.2) is 11.8 Å². The topological polar surface area (TPSA) is 203 Å². The second kappa shape index (κ2) is 7.65. The van der Waals surface area contributed by atoms with Gasteiger partial charge in [0.25, 0.3) is 0 Å². The fraction of sp³-hybridized carbons (Fsp3) is 0.750. The van der Waals surface area contributed by atoms with Gasteiger partial charge in [-0.05, 0) is 0 Å². The van der Waals surface area contributed by atoms with Crippen molar-refractivity contribution in [1.29, 1.82) is 0 Å². The van der Waals surface area contributed by atoms with Crippen molar-refractivity contribution in [3.63, 3.8) is 0 Å². The third kappa shape index (κ3) is 3.21. The minimum atomic E-state index is -2.35. The number of ether oxygens (including phenoxy) is 3. The SMILES string of the molecule is O=C(O)C1=CO[C@H](O[C@@H]2O[C@H](CO)[C@@H](O)[C@H](O)[C@H]2O)[C@H]2[C@H]1CC(=O)[C@@]2(O)CO. The summed E-state index contributed by atoms with van der Waals surface area (Å²) in [7, 11) is 0. The minimum absolute atomic E-state index is 0.295. The Kier molecular flexibility index (Phi) is 5.76. The van der Waals surface area contributed by atoms with Gasteiger partial charge < -0.3 is 50.0 Å². The smallest absolute Gasteiger partial charge is 0.334 e. The van der Waals surface area contributed by atoms with E-state index in [1.54, 1.807) is 0 Å². The van der Waals surface area contributed by atoms with Gasteiger partial charge in [0.05, 0.1) is 31.0 Å². The summed E-state index contributed by atoms with van der Waals surface area (Å²) in [5, 5.41) is 68.4. The largest absolute Gasteiger partial charge is 0.478 e. The number of rotatable bonds is 5. The predicted octanol–water partition coefficient (Wildman–Crippen LogP) is -3.94. The molecule has 2 fully saturated rings. The maximum atomic E-state index is 12.2. The van der Waals surface area contributed by atoms with Crippen LogP contribution in [-0.2, 0) is 23.8 Å². The van der Waals surface area contributed by atoms with Crippen molar-refractivity contribution in [1.82, 2.24) is 0 Å². The molecule has 12 heteroatoms. The lowest BCUT2D eigenvalue weighted by Crippen LogP contribution is -2.61. The minimum Gasteiger partial charge on any atom is -0.478 e. The van der Waals surface area contributed by atoms with E-state index in [1.807, 2.05) is 0 Å². The summed E-state index contributed by atoms with van der Waals surface area (Å²) in [6.45, 7) is -1.72. The van der Waals surface area contributed by atoms with Crippen LogP contribution in [0.1, 0.15) is 6.42 Å². The molecule has 7 N–H and O–H groups in total. The molecule has 2 aliphatic heterocycles. The van der Waals surface area contributed by atoms with Gasteiger partial charge in [0.2, 0.25) is 6.29 Å². The zero-order valence-electron chi connectivity index (χ0n) is 14.5. The van der Waals surface area contributed by atoms with Gasteiger partial charge in [-0.25, -0.2) is 4.79 Å². The van der Waals surface area contributed by atoms with Crippen LogP contribution in [0.25, 0.3) is 0 Å². The van der Waals surface area contributed by atoms with E-state index >= 15 is 0 Å². The first-order chi connectivity index (χ1) is 13.2. The summed E-state index contributed by atoms with van der Waals surface area (Å²) in [6, 6.07) is 0. The Morgan fingerprint density at radius 1 is 1.18 bits per heavy atom. The molecular weight excluding hydrogens is 384 g/mol. The predicted molar refractivity (Wildman–Crippen MR) is 84.1 cm³/mol. The highest BCUT2D eigenvalue weighted by atomic mass is 16.8. The first-order valence-corrected chi connectivity index (χ1v) is 8.57. The molecule has 0 amide bonds. The van der Waals surface area contributed by atoms with E-state index in [0.717, 1.165) is 6.26 Å². The van der Waals surface area contributed by atoms with Crippen molar-refractivity contribution in [3.05, 3.63) is 11.8 Å². The fourth-order valence-electron chi connectivity index (χ4n) is 3.88. The van der Waals surface area contributed by atoms with E-state index in [9.17, 15) is 45.3 Å². The van der Waals surface area contributed by atoms with E-state index in [0.29, 0.717) is 0 Å². The highest BCUT2D eigenvalue weighted by Gasteiger charge is 2.62. The summed E-state index contributed by atoms with van der Waals surface area (Å²) in [4.78, 5) is 23.6. The van der Waals surface area contributed by atoms with Gasteiger partial charge in [-0.3, -0.25) is 4.79 Å². The van der Waals surface area contributed by atoms with Gasteiger partial charge in [-0.1, -0.05) is 0 Å². The van der Waals surface area contributed by atoms with Crippen LogP contribution < -0.4 is 0 Å². The van der Waals surface area contributed by atoms with Gasteiger partial charge in [-0.15, -0.1) is 0 Å². The monoisotopic (exact) mass is 406 g/mol. The highest BCUT2D eigenvalue weighted by Crippen LogP contribution is 2.47. The summed E-state index contributed by atoms with van der Waals surface area (Å²) >= 11 is 0. The molecule has 28 heavy (non-hydrogen) atoms. The van der Waals surface area contributed by atoms with Crippen LogP contribution in [0.3, 0.4) is 0 Å². The molecule has 9 atom stereocenters. The number of Topliss-reactive ketones (excluding diaryl/α,β-unsaturated/α-hetero) is 1.